The Morgan fingerprint density at radius 2 is 1.94 bits per heavy atom. The SMILES string of the molecule is CC(C)C[C@@H](C(=O)N1C[C@]2(CC1C#N)C(=O)Nc1ccccc12)N(C)C(=O)c1n[nH]c2ccccc12. The Morgan fingerprint density at radius 3 is 2.69 bits per heavy atom. The van der Waals surface area contributed by atoms with Crippen molar-refractivity contribution in [1.82, 2.24) is 20.0 Å². The molecule has 0 aliphatic carbocycles. The Labute approximate surface area is 209 Å². The number of likely N-dealkylation sites (tertiary alicyclic amines) is 1. The van der Waals surface area contributed by atoms with Gasteiger partial charge in [-0.05, 0) is 30.0 Å². The molecule has 1 unspecified atom stereocenters. The summed E-state index contributed by atoms with van der Waals surface area (Å²) >= 11 is 0. The maximum atomic E-state index is 14.0. The molecule has 0 bridgehead atoms. The number of anilines is 1. The molecule has 2 aliphatic rings. The lowest BCUT2D eigenvalue weighted by Gasteiger charge is -2.33. The number of aromatic amines is 1. The Bertz CT molecular complexity index is 1410. The summed E-state index contributed by atoms with van der Waals surface area (Å²) in [6, 6.07) is 15.4. The zero-order valence-electron chi connectivity index (χ0n) is 20.5. The van der Waals surface area contributed by atoms with Crippen molar-refractivity contribution in [2.45, 2.75) is 44.2 Å². The summed E-state index contributed by atoms with van der Waals surface area (Å²) in [5, 5.41) is 20.6. The Kier molecular flexibility index (Phi) is 5.75. The number of H-pyrrole nitrogens is 1. The van der Waals surface area contributed by atoms with Gasteiger partial charge in [-0.3, -0.25) is 19.5 Å². The van der Waals surface area contributed by atoms with Crippen LogP contribution in [0.4, 0.5) is 5.69 Å². The molecular weight excluding hydrogens is 456 g/mol. The van der Waals surface area contributed by atoms with Gasteiger partial charge in [-0.15, -0.1) is 0 Å². The molecule has 9 heteroatoms. The fourth-order valence-electron chi connectivity index (χ4n) is 5.48. The summed E-state index contributed by atoms with van der Waals surface area (Å²) < 4.78 is 0. The summed E-state index contributed by atoms with van der Waals surface area (Å²) in [7, 11) is 1.60. The molecule has 184 valence electrons. The van der Waals surface area contributed by atoms with E-state index in [2.05, 4.69) is 21.6 Å². The van der Waals surface area contributed by atoms with Gasteiger partial charge in [0.1, 0.15) is 12.1 Å². The summed E-state index contributed by atoms with van der Waals surface area (Å²) in [5.41, 5.74) is 1.52. The normalized spacial score (nSPS) is 21.5. The van der Waals surface area contributed by atoms with Gasteiger partial charge in [0.15, 0.2) is 5.69 Å². The molecule has 2 N–H and O–H groups in total. The van der Waals surface area contributed by atoms with E-state index in [9.17, 15) is 19.6 Å². The zero-order valence-corrected chi connectivity index (χ0v) is 20.5. The van der Waals surface area contributed by atoms with E-state index in [1.807, 2.05) is 62.4 Å². The number of amides is 3. The van der Waals surface area contributed by atoms with Gasteiger partial charge in [0, 0.05) is 31.1 Å². The number of nitriles is 1. The van der Waals surface area contributed by atoms with Crippen molar-refractivity contribution in [1.29, 1.82) is 5.26 Å². The van der Waals surface area contributed by atoms with Gasteiger partial charge >= 0.3 is 0 Å². The molecule has 2 aromatic carbocycles. The van der Waals surface area contributed by atoms with Crippen LogP contribution in [0, 0.1) is 17.2 Å². The quantitative estimate of drug-likeness (QED) is 0.576. The van der Waals surface area contributed by atoms with Crippen LogP contribution in [0.1, 0.15) is 42.7 Å². The third kappa shape index (κ3) is 3.61. The van der Waals surface area contributed by atoms with E-state index in [-0.39, 0.29) is 42.3 Å². The first-order valence-electron chi connectivity index (χ1n) is 12.1. The van der Waals surface area contributed by atoms with Gasteiger partial charge in [0.25, 0.3) is 5.91 Å². The average molecular weight is 485 g/mol. The average Bonchev–Trinajstić information content (AvgIpc) is 3.56. The number of rotatable bonds is 5. The van der Waals surface area contributed by atoms with E-state index in [0.29, 0.717) is 17.5 Å². The highest BCUT2D eigenvalue weighted by molar-refractivity contribution is 6.08. The van der Waals surface area contributed by atoms with Crippen LogP contribution >= 0.6 is 0 Å². The predicted octanol–water partition coefficient (Wildman–Crippen LogP) is 3.06. The number of hydrogen-bond donors (Lipinski definition) is 2. The number of carbonyl (C=O) groups is 3. The fourth-order valence-corrected chi connectivity index (χ4v) is 5.48. The van der Waals surface area contributed by atoms with E-state index in [1.54, 1.807) is 7.05 Å². The van der Waals surface area contributed by atoms with Crippen LogP contribution in [0.2, 0.25) is 0 Å². The van der Waals surface area contributed by atoms with E-state index >= 15 is 0 Å². The molecule has 9 nitrogen and oxygen atoms in total. The lowest BCUT2D eigenvalue weighted by atomic mass is 9.80. The van der Waals surface area contributed by atoms with Gasteiger partial charge in [0.2, 0.25) is 11.8 Å². The summed E-state index contributed by atoms with van der Waals surface area (Å²) in [5.74, 6) is -0.803. The van der Waals surface area contributed by atoms with Gasteiger partial charge in [-0.2, -0.15) is 10.4 Å². The summed E-state index contributed by atoms with van der Waals surface area (Å²) in [4.78, 5) is 43.6. The number of likely N-dealkylation sites (N-methyl/N-ethyl adjacent to an activating group) is 1. The minimum atomic E-state index is -0.976. The molecular formula is C27H28N6O3. The second-order valence-electron chi connectivity index (χ2n) is 10.1. The van der Waals surface area contributed by atoms with Gasteiger partial charge in [-0.1, -0.05) is 50.2 Å². The number of hydrogen-bond acceptors (Lipinski definition) is 5. The van der Waals surface area contributed by atoms with Crippen LogP contribution in [0.25, 0.3) is 10.9 Å². The number of nitrogens with zero attached hydrogens (tertiary/aromatic N) is 4. The zero-order chi connectivity index (χ0) is 25.6. The van der Waals surface area contributed by atoms with Crippen LogP contribution in [-0.2, 0) is 15.0 Å². The maximum Gasteiger partial charge on any atom is 0.275 e. The van der Waals surface area contributed by atoms with Crippen molar-refractivity contribution in [3.05, 3.63) is 59.8 Å². The van der Waals surface area contributed by atoms with Gasteiger partial charge < -0.3 is 15.1 Å². The highest BCUT2D eigenvalue weighted by Crippen LogP contribution is 2.46. The molecule has 3 heterocycles. The van der Waals surface area contributed by atoms with E-state index in [4.69, 9.17) is 0 Å². The monoisotopic (exact) mass is 484 g/mol. The topological polar surface area (TPSA) is 122 Å². The van der Waals surface area contributed by atoms with Crippen molar-refractivity contribution in [3.63, 3.8) is 0 Å². The molecule has 3 aromatic rings. The molecule has 1 aromatic heterocycles. The fraction of sp³-hybridized carbons (Fsp3) is 0.370. The molecule has 5 rings (SSSR count). The Balaban J connectivity index is 1.47. The number of aromatic nitrogens is 2. The van der Waals surface area contributed by atoms with E-state index in [1.165, 1.54) is 9.80 Å². The van der Waals surface area contributed by atoms with E-state index in [0.717, 1.165) is 11.1 Å². The second kappa shape index (κ2) is 8.79. The van der Waals surface area contributed by atoms with Gasteiger partial charge in [-0.25, -0.2) is 0 Å². The number of para-hydroxylation sites is 2. The first-order valence-corrected chi connectivity index (χ1v) is 12.1. The second-order valence-corrected chi connectivity index (χ2v) is 10.1. The van der Waals surface area contributed by atoms with Crippen LogP contribution < -0.4 is 5.32 Å². The Morgan fingerprint density at radius 1 is 1.22 bits per heavy atom. The molecule has 1 fully saturated rings. The number of nitrogens with one attached hydrogen (secondary N) is 2. The third-order valence-corrected chi connectivity index (χ3v) is 7.36. The first-order chi connectivity index (χ1) is 17.3. The number of fused-ring (bicyclic) bond motifs is 3. The molecule has 0 radical (unpaired) electrons. The van der Waals surface area contributed by atoms with Crippen LogP contribution in [0.5, 0.6) is 0 Å². The van der Waals surface area contributed by atoms with Crippen molar-refractivity contribution in [2.75, 3.05) is 18.9 Å². The van der Waals surface area contributed by atoms with Crippen LogP contribution in [0.3, 0.4) is 0 Å². The summed E-state index contributed by atoms with van der Waals surface area (Å²) in [6.45, 7) is 4.06. The maximum absolute atomic E-state index is 14.0. The minimum Gasteiger partial charge on any atom is -0.328 e. The highest BCUT2D eigenvalue weighted by atomic mass is 16.2. The molecule has 1 spiro atoms. The molecule has 0 saturated carbocycles. The first kappa shape index (κ1) is 23.5. The van der Waals surface area contributed by atoms with Crippen molar-refractivity contribution < 1.29 is 14.4 Å². The summed E-state index contributed by atoms with van der Waals surface area (Å²) in [6.07, 6.45) is 0.627. The van der Waals surface area contributed by atoms with Crippen molar-refractivity contribution >= 4 is 34.3 Å². The molecule has 3 atom stereocenters. The van der Waals surface area contributed by atoms with E-state index < -0.39 is 17.5 Å². The van der Waals surface area contributed by atoms with Crippen LogP contribution in [0.15, 0.2) is 48.5 Å². The van der Waals surface area contributed by atoms with Crippen LogP contribution in [-0.4, -0.2) is 63.4 Å². The van der Waals surface area contributed by atoms with Gasteiger partial charge in [0.05, 0.1) is 17.0 Å². The lowest BCUT2D eigenvalue weighted by molar-refractivity contribution is -0.136. The molecule has 36 heavy (non-hydrogen) atoms. The van der Waals surface area contributed by atoms with Crippen molar-refractivity contribution in [2.24, 2.45) is 5.92 Å². The number of benzene rings is 2. The standard InChI is InChI=1S/C27H28N6O3/c1-16(2)12-22(32(3)25(35)23-18-8-4-6-10-20(18)30-31-23)24(34)33-15-27(13-17(33)14-28)19-9-5-7-11-21(19)29-26(27)36/h4-11,16-17,22H,12-13,15H2,1-3H3,(H,29,36)(H,30,31)/t17?,22-,27-/m0/s1. The molecule has 3 amide bonds. The van der Waals surface area contributed by atoms with Crippen molar-refractivity contribution in [3.8, 4) is 6.07 Å². The lowest BCUT2D eigenvalue weighted by Crippen LogP contribution is -2.52. The number of carbonyl (C=O) groups excluding carboxylic acids is 3. The third-order valence-electron chi connectivity index (χ3n) is 7.36. The highest BCUT2D eigenvalue weighted by Gasteiger charge is 2.56. The molecule has 1 saturated heterocycles. The molecule has 2 aliphatic heterocycles. The predicted molar refractivity (Wildman–Crippen MR) is 134 cm³/mol. The Hall–Kier alpha value is -4.19. The minimum absolute atomic E-state index is 0.0921. The largest absolute Gasteiger partial charge is 0.328 e. The smallest absolute Gasteiger partial charge is 0.275 e.